The van der Waals surface area contributed by atoms with Crippen LogP contribution in [0.3, 0.4) is 0 Å². The van der Waals surface area contributed by atoms with Gasteiger partial charge in [-0.15, -0.1) is 0 Å². The molecule has 7 heteroatoms. The van der Waals surface area contributed by atoms with E-state index < -0.39 is 0 Å². The fraction of sp³-hybridized carbons (Fsp3) is 0.765. The predicted octanol–water partition coefficient (Wildman–Crippen LogP) is 0.839. The third-order valence-electron chi connectivity index (χ3n) is 5.15. The van der Waals surface area contributed by atoms with E-state index in [-0.39, 0.29) is 23.7 Å². The van der Waals surface area contributed by atoms with Gasteiger partial charge in [0.05, 0.1) is 32.4 Å². The second kappa shape index (κ2) is 6.82. The molecule has 0 aromatic carbocycles. The first-order chi connectivity index (χ1) is 11.7. The molecule has 7 nitrogen and oxygen atoms in total. The standard InChI is InChI=1S/C17H25N3O4/c21-16(15-3-1-9-23-15)19-8-10-22-13-17(12-19)5-4-14(24-17)11-20-7-2-6-18-20/h2,6-7,14-15H,1,3-5,8-13H2/t14-,15+,17+/m0/s1. The monoisotopic (exact) mass is 335 g/mol. The van der Waals surface area contributed by atoms with Gasteiger partial charge in [-0.05, 0) is 31.7 Å². The zero-order chi connectivity index (χ0) is 16.4. The fourth-order valence-corrected chi connectivity index (χ4v) is 3.93. The number of hydrogen-bond acceptors (Lipinski definition) is 5. The molecule has 3 aliphatic heterocycles. The molecule has 132 valence electrons. The van der Waals surface area contributed by atoms with Gasteiger partial charge in [-0.1, -0.05) is 0 Å². The van der Waals surface area contributed by atoms with Gasteiger partial charge in [0.15, 0.2) is 0 Å². The molecule has 0 aliphatic carbocycles. The van der Waals surface area contributed by atoms with E-state index in [4.69, 9.17) is 14.2 Å². The molecule has 0 N–H and O–H groups in total. The lowest BCUT2D eigenvalue weighted by atomic mass is 9.99. The summed E-state index contributed by atoms with van der Waals surface area (Å²) < 4.78 is 19.6. The molecular weight excluding hydrogens is 310 g/mol. The van der Waals surface area contributed by atoms with Crippen LogP contribution in [-0.4, -0.2) is 71.3 Å². The summed E-state index contributed by atoms with van der Waals surface area (Å²) in [5.74, 6) is 0.0940. The molecule has 24 heavy (non-hydrogen) atoms. The number of ether oxygens (including phenoxy) is 3. The molecule has 3 fully saturated rings. The van der Waals surface area contributed by atoms with Crippen LogP contribution in [0.25, 0.3) is 0 Å². The summed E-state index contributed by atoms with van der Waals surface area (Å²) in [5, 5.41) is 4.25. The molecular formula is C17H25N3O4. The first-order valence-corrected chi connectivity index (χ1v) is 8.88. The molecule has 3 saturated heterocycles. The summed E-state index contributed by atoms with van der Waals surface area (Å²) in [7, 11) is 0. The van der Waals surface area contributed by atoms with Crippen molar-refractivity contribution in [1.82, 2.24) is 14.7 Å². The average Bonchev–Trinajstić information content (AvgIpc) is 3.30. The summed E-state index contributed by atoms with van der Waals surface area (Å²) in [6.07, 6.45) is 7.24. The molecule has 0 saturated carbocycles. The maximum atomic E-state index is 12.7. The van der Waals surface area contributed by atoms with Crippen LogP contribution in [0.15, 0.2) is 18.5 Å². The zero-order valence-corrected chi connectivity index (χ0v) is 13.9. The predicted molar refractivity (Wildman–Crippen MR) is 85.4 cm³/mol. The Morgan fingerprint density at radius 3 is 3.08 bits per heavy atom. The SMILES string of the molecule is O=C([C@H]1CCCO1)N1CCOC[C@@]2(CC[C@@H](Cn3cccn3)O2)C1. The summed E-state index contributed by atoms with van der Waals surface area (Å²) in [4.78, 5) is 14.6. The van der Waals surface area contributed by atoms with Gasteiger partial charge in [0.25, 0.3) is 5.91 Å². The quantitative estimate of drug-likeness (QED) is 0.819. The van der Waals surface area contributed by atoms with Gasteiger partial charge in [-0.2, -0.15) is 5.10 Å². The van der Waals surface area contributed by atoms with Crippen LogP contribution in [0.4, 0.5) is 0 Å². The molecule has 0 radical (unpaired) electrons. The molecule has 4 heterocycles. The third kappa shape index (κ3) is 3.34. The molecule has 4 rings (SSSR count). The first-order valence-electron chi connectivity index (χ1n) is 8.88. The molecule has 1 aromatic rings. The van der Waals surface area contributed by atoms with Crippen molar-refractivity contribution >= 4 is 5.91 Å². The van der Waals surface area contributed by atoms with E-state index in [1.54, 1.807) is 6.20 Å². The second-order valence-electron chi connectivity index (χ2n) is 7.00. The van der Waals surface area contributed by atoms with Crippen molar-refractivity contribution in [3.05, 3.63) is 18.5 Å². The Balaban J connectivity index is 1.41. The lowest BCUT2D eigenvalue weighted by Gasteiger charge is -2.33. The normalized spacial score (nSPS) is 33.9. The Morgan fingerprint density at radius 2 is 2.29 bits per heavy atom. The van der Waals surface area contributed by atoms with Crippen molar-refractivity contribution in [2.75, 3.05) is 32.9 Å². The largest absolute Gasteiger partial charge is 0.377 e. The highest BCUT2D eigenvalue weighted by molar-refractivity contribution is 5.81. The van der Waals surface area contributed by atoms with E-state index in [0.29, 0.717) is 32.9 Å². The smallest absolute Gasteiger partial charge is 0.251 e. The van der Waals surface area contributed by atoms with Crippen molar-refractivity contribution in [1.29, 1.82) is 0 Å². The van der Waals surface area contributed by atoms with Crippen LogP contribution >= 0.6 is 0 Å². The van der Waals surface area contributed by atoms with Crippen LogP contribution in [0.1, 0.15) is 25.7 Å². The minimum Gasteiger partial charge on any atom is -0.377 e. The van der Waals surface area contributed by atoms with E-state index in [1.165, 1.54) is 0 Å². The molecule has 1 amide bonds. The van der Waals surface area contributed by atoms with Gasteiger partial charge in [0.2, 0.25) is 0 Å². The van der Waals surface area contributed by atoms with Gasteiger partial charge in [-0.25, -0.2) is 0 Å². The minimum atomic E-state index is -0.386. The molecule has 0 unspecified atom stereocenters. The lowest BCUT2D eigenvalue weighted by molar-refractivity contribution is -0.145. The number of carbonyl (C=O) groups excluding carboxylic acids is 1. The number of amides is 1. The van der Waals surface area contributed by atoms with Crippen LogP contribution < -0.4 is 0 Å². The summed E-state index contributed by atoms with van der Waals surface area (Å²) in [6.45, 7) is 3.77. The van der Waals surface area contributed by atoms with E-state index in [2.05, 4.69) is 5.10 Å². The van der Waals surface area contributed by atoms with Gasteiger partial charge in [0.1, 0.15) is 11.7 Å². The number of nitrogens with zero attached hydrogens (tertiary/aromatic N) is 3. The van der Waals surface area contributed by atoms with Crippen molar-refractivity contribution in [2.24, 2.45) is 0 Å². The Bertz CT molecular complexity index is 558. The van der Waals surface area contributed by atoms with E-state index in [0.717, 1.165) is 32.2 Å². The van der Waals surface area contributed by atoms with Gasteiger partial charge in [0, 0.05) is 25.5 Å². The maximum Gasteiger partial charge on any atom is 0.251 e. The highest BCUT2D eigenvalue weighted by atomic mass is 16.6. The van der Waals surface area contributed by atoms with E-state index in [1.807, 2.05) is 21.8 Å². The molecule has 3 atom stereocenters. The topological polar surface area (TPSA) is 65.8 Å². The van der Waals surface area contributed by atoms with Crippen LogP contribution in [0, 0.1) is 0 Å². The Kier molecular flexibility index (Phi) is 4.56. The third-order valence-corrected chi connectivity index (χ3v) is 5.15. The van der Waals surface area contributed by atoms with Crippen LogP contribution in [0.2, 0.25) is 0 Å². The highest BCUT2D eigenvalue weighted by Gasteiger charge is 2.45. The summed E-state index contributed by atoms with van der Waals surface area (Å²) in [5.41, 5.74) is -0.386. The highest BCUT2D eigenvalue weighted by Crippen LogP contribution is 2.34. The lowest BCUT2D eigenvalue weighted by Crippen LogP contribution is -2.49. The summed E-state index contributed by atoms with van der Waals surface area (Å²) in [6, 6.07) is 1.92. The van der Waals surface area contributed by atoms with Crippen LogP contribution in [-0.2, 0) is 25.5 Å². The Morgan fingerprint density at radius 1 is 1.33 bits per heavy atom. The fourth-order valence-electron chi connectivity index (χ4n) is 3.93. The average molecular weight is 335 g/mol. The van der Waals surface area contributed by atoms with E-state index >= 15 is 0 Å². The van der Waals surface area contributed by atoms with Crippen LogP contribution in [0.5, 0.6) is 0 Å². The van der Waals surface area contributed by atoms with Gasteiger partial charge < -0.3 is 19.1 Å². The minimum absolute atomic E-state index is 0.0940. The Labute approximate surface area is 141 Å². The number of hydrogen-bond donors (Lipinski definition) is 0. The molecule has 1 aromatic heterocycles. The van der Waals surface area contributed by atoms with Gasteiger partial charge in [-0.3, -0.25) is 9.48 Å². The molecule has 1 spiro atoms. The second-order valence-corrected chi connectivity index (χ2v) is 7.00. The first kappa shape index (κ1) is 16.1. The number of aromatic nitrogens is 2. The number of rotatable bonds is 3. The van der Waals surface area contributed by atoms with Crippen molar-refractivity contribution < 1.29 is 19.0 Å². The zero-order valence-electron chi connectivity index (χ0n) is 13.9. The molecule has 0 bridgehead atoms. The van der Waals surface area contributed by atoms with Gasteiger partial charge >= 0.3 is 0 Å². The van der Waals surface area contributed by atoms with Crippen molar-refractivity contribution in [3.8, 4) is 0 Å². The number of carbonyl (C=O) groups is 1. The molecule has 3 aliphatic rings. The maximum absolute atomic E-state index is 12.7. The Hall–Kier alpha value is -1.44. The van der Waals surface area contributed by atoms with Crippen molar-refractivity contribution in [3.63, 3.8) is 0 Å². The summed E-state index contributed by atoms with van der Waals surface area (Å²) >= 11 is 0. The van der Waals surface area contributed by atoms with Crippen molar-refractivity contribution in [2.45, 2.75) is 50.0 Å². The van der Waals surface area contributed by atoms with E-state index in [9.17, 15) is 4.79 Å².